The van der Waals surface area contributed by atoms with Crippen molar-refractivity contribution in [3.8, 4) is 0 Å². The highest BCUT2D eigenvalue weighted by atomic mass is 16.5. The smallest absolute Gasteiger partial charge is 0.323 e. The molecule has 3 amide bonds. The van der Waals surface area contributed by atoms with E-state index in [0.29, 0.717) is 24.5 Å². The summed E-state index contributed by atoms with van der Waals surface area (Å²) < 4.78 is 5.23. The summed E-state index contributed by atoms with van der Waals surface area (Å²) >= 11 is 0. The molecule has 6 nitrogen and oxygen atoms in total. The van der Waals surface area contributed by atoms with Crippen LogP contribution in [0.4, 0.5) is 10.5 Å². The van der Waals surface area contributed by atoms with Crippen LogP contribution in [0.1, 0.15) is 23.2 Å². The number of hydrogen-bond acceptors (Lipinski definition) is 3. The molecule has 0 saturated carbocycles. The van der Waals surface area contributed by atoms with Gasteiger partial charge in [0.05, 0.1) is 13.2 Å². The van der Waals surface area contributed by atoms with Gasteiger partial charge in [0.2, 0.25) is 5.91 Å². The van der Waals surface area contributed by atoms with Crippen LogP contribution in [0, 0.1) is 0 Å². The van der Waals surface area contributed by atoms with E-state index in [-0.39, 0.29) is 6.03 Å². The second-order valence-electron chi connectivity index (χ2n) is 4.46. The lowest BCUT2D eigenvalue weighted by atomic mass is 10.1. The zero-order chi connectivity index (χ0) is 14.4. The second-order valence-corrected chi connectivity index (χ2v) is 4.46. The van der Waals surface area contributed by atoms with Gasteiger partial charge in [-0.15, -0.1) is 0 Å². The Morgan fingerprint density at radius 3 is 2.40 bits per heavy atom. The molecule has 0 atom stereocenters. The fourth-order valence-electron chi connectivity index (χ4n) is 1.83. The number of nitrogens with two attached hydrogens (primary N) is 1. The molecule has 4 N–H and O–H groups in total. The molecule has 1 heterocycles. The number of primary amides is 1. The third-order valence-corrected chi connectivity index (χ3v) is 2.97. The molecule has 0 aromatic heterocycles. The Morgan fingerprint density at radius 1 is 1.15 bits per heavy atom. The topological polar surface area (TPSA) is 93.5 Å². The zero-order valence-electron chi connectivity index (χ0n) is 11.0. The molecule has 1 aliphatic heterocycles. The van der Waals surface area contributed by atoms with Crippen molar-refractivity contribution in [2.75, 3.05) is 18.5 Å². The number of amides is 3. The number of hydrogen-bond donors (Lipinski definition) is 3. The SMILES string of the molecule is NC(=O)c1ccc(NC(=O)NC=C2CCOCC2)cc1. The summed E-state index contributed by atoms with van der Waals surface area (Å²) in [5.41, 5.74) is 7.30. The Bertz CT molecular complexity index is 515. The minimum absolute atomic E-state index is 0.323. The van der Waals surface area contributed by atoms with Gasteiger partial charge in [0.25, 0.3) is 0 Å². The van der Waals surface area contributed by atoms with Crippen LogP contribution in [0.15, 0.2) is 36.0 Å². The van der Waals surface area contributed by atoms with Crippen LogP contribution in [0.3, 0.4) is 0 Å². The third-order valence-electron chi connectivity index (χ3n) is 2.97. The normalized spacial score (nSPS) is 14.5. The number of nitrogens with one attached hydrogen (secondary N) is 2. The predicted molar refractivity (Wildman–Crippen MR) is 75.3 cm³/mol. The molecule has 1 aliphatic rings. The van der Waals surface area contributed by atoms with Crippen LogP contribution in [0.5, 0.6) is 0 Å². The van der Waals surface area contributed by atoms with E-state index in [4.69, 9.17) is 10.5 Å². The molecular weight excluding hydrogens is 258 g/mol. The first-order chi connectivity index (χ1) is 9.65. The molecule has 1 saturated heterocycles. The molecule has 0 spiro atoms. The summed E-state index contributed by atoms with van der Waals surface area (Å²) in [5.74, 6) is -0.495. The number of anilines is 1. The first kappa shape index (κ1) is 14.1. The lowest BCUT2D eigenvalue weighted by Crippen LogP contribution is -2.25. The molecule has 0 unspecified atom stereocenters. The maximum absolute atomic E-state index is 11.7. The Labute approximate surface area is 117 Å². The lowest BCUT2D eigenvalue weighted by molar-refractivity contribution is 0.100. The van der Waals surface area contributed by atoms with E-state index in [2.05, 4.69) is 10.6 Å². The minimum Gasteiger partial charge on any atom is -0.381 e. The lowest BCUT2D eigenvalue weighted by Gasteiger charge is -2.14. The van der Waals surface area contributed by atoms with Gasteiger partial charge in [-0.25, -0.2) is 4.79 Å². The van der Waals surface area contributed by atoms with Crippen LogP contribution < -0.4 is 16.4 Å². The van der Waals surface area contributed by atoms with Crippen molar-refractivity contribution in [2.24, 2.45) is 5.73 Å². The standard InChI is InChI=1S/C14H17N3O3/c15-13(18)11-1-3-12(4-2-11)17-14(19)16-9-10-5-7-20-8-6-10/h1-4,9H,5-8H2,(H2,15,18)(H2,16,17,19). The molecule has 1 aromatic carbocycles. The van der Waals surface area contributed by atoms with Crippen LogP contribution in [0.2, 0.25) is 0 Å². The average molecular weight is 275 g/mol. The predicted octanol–water partition coefficient (Wildman–Crippen LogP) is 1.60. The van der Waals surface area contributed by atoms with E-state index in [9.17, 15) is 9.59 Å². The summed E-state index contributed by atoms with van der Waals surface area (Å²) in [5, 5.41) is 5.35. The van der Waals surface area contributed by atoms with Gasteiger partial charge in [-0.05, 0) is 42.7 Å². The number of ether oxygens (including phenoxy) is 1. The Hall–Kier alpha value is -2.34. The maximum Gasteiger partial charge on any atom is 0.323 e. The van der Waals surface area contributed by atoms with Gasteiger partial charge in [-0.1, -0.05) is 0 Å². The van der Waals surface area contributed by atoms with E-state index in [1.165, 1.54) is 0 Å². The molecule has 6 heteroatoms. The van der Waals surface area contributed by atoms with Crippen molar-refractivity contribution >= 4 is 17.6 Å². The van der Waals surface area contributed by atoms with E-state index < -0.39 is 5.91 Å². The fourth-order valence-corrected chi connectivity index (χ4v) is 1.83. The molecule has 0 bridgehead atoms. The summed E-state index contributed by atoms with van der Waals surface area (Å²) in [7, 11) is 0. The average Bonchev–Trinajstić information content (AvgIpc) is 2.47. The van der Waals surface area contributed by atoms with E-state index >= 15 is 0 Å². The van der Waals surface area contributed by atoms with Gasteiger partial charge >= 0.3 is 6.03 Å². The molecule has 1 fully saturated rings. The molecule has 20 heavy (non-hydrogen) atoms. The monoisotopic (exact) mass is 275 g/mol. The first-order valence-electron chi connectivity index (χ1n) is 6.38. The Morgan fingerprint density at radius 2 is 1.80 bits per heavy atom. The molecular formula is C14H17N3O3. The van der Waals surface area contributed by atoms with Crippen molar-refractivity contribution in [2.45, 2.75) is 12.8 Å². The molecule has 1 aromatic rings. The summed E-state index contributed by atoms with van der Waals surface area (Å²) in [4.78, 5) is 22.6. The Balaban J connectivity index is 1.86. The van der Waals surface area contributed by atoms with Crippen LogP contribution in [-0.2, 0) is 4.74 Å². The van der Waals surface area contributed by atoms with Gasteiger partial charge in [-0.2, -0.15) is 0 Å². The van der Waals surface area contributed by atoms with Crippen molar-refractivity contribution in [3.63, 3.8) is 0 Å². The van der Waals surface area contributed by atoms with E-state index in [1.807, 2.05) is 0 Å². The molecule has 0 radical (unpaired) electrons. The van der Waals surface area contributed by atoms with Crippen molar-refractivity contribution in [1.29, 1.82) is 0 Å². The number of carbonyl (C=O) groups excluding carboxylic acids is 2. The van der Waals surface area contributed by atoms with Crippen LogP contribution in [0.25, 0.3) is 0 Å². The molecule has 0 aliphatic carbocycles. The van der Waals surface area contributed by atoms with Gasteiger partial charge in [0.1, 0.15) is 0 Å². The largest absolute Gasteiger partial charge is 0.381 e. The quantitative estimate of drug-likeness (QED) is 0.782. The molecule has 2 rings (SSSR count). The first-order valence-corrected chi connectivity index (χ1v) is 6.38. The van der Waals surface area contributed by atoms with Crippen molar-refractivity contribution < 1.29 is 14.3 Å². The van der Waals surface area contributed by atoms with Crippen LogP contribution in [-0.4, -0.2) is 25.2 Å². The Kier molecular flexibility index (Phi) is 4.73. The third kappa shape index (κ3) is 4.10. The number of rotatable bonds is 3. The number of urea groups is 1. The maximum atomic E-state index is 11.7. The number of benzene rings is 1. The van der Waals surface area contributed by atoms with E-state index in [1.54, 1.807) is 30.5 Å². The summed E-state index contributed by atoms with van der Waals surface area (Å²) in [6.45, 7) is 1.40. The van der Waals surface area contributed by atoms with Gasteiger partial charge in [0.15, 0.2) is 0 Å². The fraction of sp³-hybridized carbons (Fsp3) is 0.286. The summed E-state index contributed by atoms with van der Waals surface area (Å²) in [6, 6.07) is 6.06. The van der Waals surface area contributed by atoms with Crippen LogP contribution >= 0.6 is 0 Å². The molecule has 106 valence electrons. The second kappa shape index (κ2) is 6.72. The highest BCUT2D eigenvalue weighted by molar-refractivity contribution is 5.94. The van der Waals surface area contributed by atoms with Gasteiger partial charge in [-0.3, -0.25) is 4.79 Å². The van der Waals surface area contributed by atoms with Crippen molar-refractivity contribution in [1.82, 2.24) is 5.32 Å². The van der Waals surface area contributed by atoms with E-state index in [0.717, 1.165) is 18.4 Å². The summed E-state index contributed by atoms with van der Waals surface area (Å²) in [6.07, 6.45) is 3.40. The van der Waals surface area contributed by atoms with Gasteiger partial charge in [0, 0.05) is 17.5 Å². The zero-order valence-corrected chi connectivity index (χ0v) is 11.0. The van der Waals surface area contributed by atoms with Gasteiger partial charge < -0.3 is 21.1 Å². The number of carbonyl (C=O) groups is 2. The highest BCUT2D eigenvalue weighted by Crippen LogP contribution is 2.12. The van der Waals surface area contributed by atoms with Crippen molar-refractivity contribution in [3.05, 3.63) is 41.6 Å². The minimum atomic E-state index is -0.495. The highest BCUT2D eigenvalue weighted by Gasteiger charge is 2.06.